The molecule has 0 aliphatic rings. The van der Waals surface area contributed by atoms with E-state index in [-0.39, 0.29) is 11.9 Å². The quantitative estimate of drug-likeness (QED) is 0.450. The fourth-order valence-corrected chi connectivity index (χ4v) is 0.828. The van der Waals surface area contributed by atoms with Gasteiger partial charge >= 0.3 is 5.97 Å². The fraction of sp³-hybridized carbons (Fsp3) is 0.667. The molecule has 0 radical (unpaired) electrons. The Morgan fingerprint density at radius 2 is 2.27 bits per heavy atom. The van der Waals surface area contributed by atoms with Crippen LogP contribution >= 0.6 is 0 Å². The zero-order valence-corrected chi connectivity index (χ0v) is 7.30. The standard InChI is InChI=1S/C9H16O2/c1-4-8(5-2)7-9(10)11-6-3/h4,8H,1,5-7H2,2-3H3/t8-/m1/s1. The predicted octanol–water partition coefficient (Wildman–Crippen LogP) is 2.15. The van der Waals surface area contributed by atoms with E-state index in [0.29, 0.717) is 13.0 Å². The van der Waals surface area contributed by atoms with Crippen LogP contribution in [-0.2, 0) is 9.53 Å². The molecule has 0 saturated heterocycles. The molecule has 2 nitrogen and oxygen atoms in total. The molecule has 0 spiro atoms. The molecule has 0 amide bonds. The van der Waals surface area contributed by atoms with E-state index in [2.05, 4.69) is 6.58 Å². The lowest BCUT2D eigenvalue weighted by molar-refractivity contribution is -0.143. The second kappa shape index (κ2) is 5.96. The summed E-state index contributed by atoms with van der Waals surface area (Å²) in [5, 5.41) is 0. The Morgan fingerprint density at radius 3 is 2.64 bits per heavy atom. The number of carbonyl (C=O) groups is 1. The van der Waals surface area contributed by atoms with Crippen LogP contribution in [0.25, 0.3) is 0 Å². The Labute approximate surface area is 68.2 Å². The van der Waals surface area contributed by atoms with Crippen molar-refractivity contribution in [2.24, 2.45) is 5.92 Å². The summed E-state index contributed by atoms with van der Waals surface area (Å²) in [6.45, 7) is 7.95. The molecule has 0 N–H and O–H groups in total. The lowest BCUT2D eigenvalue weighted by Gasteiger charge is -2.07. The van der Waals surface area contributed by atoms with Crippen LogP contribution in [0.1, 0.15) is 26.7 Å². The van der Waals surface area contributed by atoms with Crippen LogP contribution in [0.5, 0.6) is 0 Å². The highest BCUT2D eigenvalue weighted by Gasteiger charge is 2.08. The summed E-state index contributed by atoms with van der Waals surface area (Å²) in [4.78, 5) is 10.9. The van der Waals surface area contributed by atoms with Crippen LogP contribution < -0.4 is 0 Å². The summed E-state index contributed by atoms with van der Waals surface area (Å²) in [5.41, 5.74) is 0. The summed E-state index contributed by atoms with van der Waals surface area (Å²) in [6.07, 6.45) is 3.22. The van der Waals surface area contributed by atoms with Gasteiger partial charge in [0.25, 0.3) is 0 Å². The van der Waals surface area contributed by atoms with Gasteiger partial charge in [0, 0.05) is 0 Å². The number of allylic oxidation sites excluding steroid dienone is 1. The Balaban J connectivity index is 3.62. The van der Waals surface area contributed by atoms with Gasteiger partial charge in [0.1, 0.15) is 0 Å². The normalized spacial score (nSPS) is 12.2. The van der Waals surface area contributed by atoms with Crippen molar-refractivity contribution in [3.8, 4) is 0 Å². The molecule has 0 rings (SSSR count). The van der Waals surface area contributed by atoms with Gasteiger partial charge in [-0.25, -0.2) is 0 Å². The molecule has 1 atom stereocenters. The van der Waals surface area contributed by atoms with E-state index < -0.39 is 0 Å². The van der Waals surface area contributed by atoms with Crippen molar-refractivity contribution < 1.29 is 9.53 Å². The second-order valence-corrected chi connectivity index (χ2v) is 2.41. The SMILES string of the molecule is C=C[C@H](CC)CC(=O)OCC. The smallest absolute Gasteiger partial charge is 0.306 e. The van der Waals surface area contributed by atoms with Crippen molar-refractivity contribution in [2.75, 3.05) is 6.61 Å². The summed E-state index contributed by atoms with van der Waals surface area (Å²) >= 11 is 0. The number of ether oxygens (including phenoxy) is 1. The van der Waals surface area contributed by atoms with Crippen molar-refractivity contribution >= 4 is 5.97 Å². The molecule has 64 valence electrons. The largest absolute Gasteiger partial charge is 0.466 e. The highest BCUT2D eigenvalue weighted by molar-refractivity contribution is 5.69. The second-order valence-electron chi connectivity index (χ2n) is 2.41. The molecule has 0 heterocycles. The molecule has 0 fully saturated rings. The lowest BCUT2D eigenvalue weighted by atomic mass is 10.0. The molecule has 0 saturated carbocycles. The van der Waals surface area contributed by atoms with E-state index in [1.165, 1.54) is 0 Å². The Kier molecular flexibility index (Phi) is 5.53. The zero-order valence-electron chi connectivity index (χ0n) is 7.30. The molecule has 2 heteroatoms. The van der Waals surface area contributed by atoms with E-state index in [0.717, 1.165) is 6.42 Å². The molecular weight excluding hydrogens is 140 g/mol. The van der Waals surface area contributed by atoms with Crippen molar-refractivity contribution in [1.82, 2.24) is 0 Å². The molecule has 0 unspecified atom stereocenters. The maximum atomic E-state index is 10.9. The van der Waals surface area contributed by atoms with Gasteiger partial charge in [-0.1, -0.05) is 13.0 Å². The molecule has 0 aliphatic heterocycles. The van der Waals surface area contributed by atoms with Crippen molar-refractivity contribution in [2.45, 2.75) is 26.7 Å². The molecule has 11 heavy (non-hydrogen) atoms. The summed E-state index contributed by atoms with van der Waals surface area (Å²) < 4.78 is 4.79. The summed E-state index contributed by atoms with van der Waals surface area (Å²) in [5.74, 6) is 0.147. The summed E-state index contributed by atoms with van der Waals surface area (Å²) in [7, 11) is 0. The highest BCUT2D eigenvalue weighted by atomic mass is 16.5. The van der Waals surface area contributed by atoms with Crippen molar-refractivity contribution in [3.63, 3.8) is 0 Å². The monoisotopic (exact) mass is 156 g/mol. The van der Waals surface area contributed by atoms with Gasteiger partial charge < -0.3 is 4.74 Å². The third-order valence-corrected chi connectivity index (χ3v) is 1.59. The third-order valence-electron chi connectivity index (χ3n) is 1.59. The Bertz CT molecular complexity index is 130. The molecule has 0 bridgehead atoms. The predicted molar refractivity (Wildman–Crippen MR) is 45.2 cm³/mol. The maximum absolute atomic E-state index is 10.9. The first-order valence-electron chi connectivity index (χ1n) is 4.02. The van der Waals surface area contributed by atoms with E-state index in [1.807, 2.05) is 13.8 Å². The van der Waals surface area contributed by atoms with Gasteiger partial charge in [-0.3, -0.25) is 4.79 Å². The van der Waals surface area contributed by atoms with Crippen LogP contribution in [0.2, 0.25) is 0 Å². The van der Waals surface area contributed by atoms with E-state index >= 15 is 0 Å². The first kappa shape index (κ1) is 10.2. The number of hydrogen-bond acceptors (Lipinski definition) is 2. The van der Waals surface area contributed by atoms with Gasteiger partial charge in [-0.15, -0.1) is 6.58 Å². The Hall–Kier alpha value is -0.790. The van der Waals surface area contributed by atoms with Crippen LogP contribution in [-0.4, -0.2) is 12.6 Å². The highest BCUT2D eigenvalue weighted by Crippen LogP contribution is 2.09. The fourth-order valence-electron chi connectivity index (χ4n) is 0.828. The molecule has 0 aromatic heterocycles. The van der Waals surface area contributed by atoms with Gasteiger partial charge in [0.2, 0.25) is 0 Å². The lowest BCUT2D eigenvalue weighted by Crippen LogP contribution is -2.09. The first-order chi connectivity index (χ1) is 5.24. The van der Waals surface area contributed by atoms with Gasteiger partial charge in [-0.2, -0.15) is 0 Å². The van der Waals surface area contributed by atoms with E-state index in [4.69, 9.17) is 4.74 Å². The number of esters is 1. The first-order valence-corrected chi connectivity index (χ1v) is 4.02. The average molecular weight is 156 g/mol. The van der Waals surface area contributed by atoms with Crippen LogP contribution in [0.15, 0.2) is 12.7 Å². The van der Waals surface area contributed by atoms with E-state index in [9.17, 15) is 4.79 Å². The van der Waals surface area contributed by atoms with Gasteiger partial charge in [0.15, 0.2) is 0 Å². The third kappa shape index (κ3) is 4.59. The Morgan fingerprint density at radius 1 is 1.64 bits per heavy atom. The van der Waals surface area contributed by atoms with Crippen LogP contribution in [0.3, 0.4) is 0 Å². The van der Waals surface area contributed by atoms with Crippen LogP contribution in [0, 0.1) is 5.92 Å². The average Bonchev–Trinajstić information content (AvgIpc) is 2.01. The van der Waals surface area contributed by atoms with Crippen molar-refractivity contribution in [3.05, 3.63) is 12.7 Å². The minimum absolute atomic E-state index is 0.126. The topological polar surface area (TPSA) is 26.3 Å². The maximum Gasteiger partial charge on any atom is 0.306 e. The number of hydrogen-bond donors (Lipinski definition) is 0. The summed E-state index contributed by atoms with van der Waals surface area (Å²) in [6, 6.07) is 0. The molecule has 0 aromatic rings. The minimum Gasteiger partial charge on any atom is -0.466 e. The van der Waals surface area contributed by atoms with E-state index in [1.54, 1.807) is 6.08 Å². The number of rotatable bonds is 5. The molecular formula is C9H16O2. The molecule has 0 aromatic carbocycles. The zero-order chi connectivity index (χ0) is 8.69. The minimum atomic E-state index is -0.126. The van der Waals surface area contributed by atoms with Crippen molar-refractivity contribution in [1.29, 1.82) is 0 Å². The van der Waals surface area contributed by atoms with Gasteiger partial charge in [0.05, 0.1) is 13.0 Å². The number of carbonyl (C=O) groups excluding carboxylic acids is 1. The van der Waals surface area contributed by atoms with Gasteiger partial charge in [-0.05, 0) is 19.3 Å². The molecule has 0 aliphatic carbocycles. The van der Waals surface area contributed by atoms with Crippen LogP contribution in [0.4, 0.5) is 0 Å².